The zero-order valence-electron chi connectivity index (χ0n) is 10.4. The fourth-order valence-electron chi connectivity index (χ4n) is 1.48. The lowest BCUT2D eigenvalue weighted by atomic mass is 10.2. The number of anilines is 1. The van der Waals surface area contributed by atoms with E-state index in [0.29, 0.717) is 5.82 Å². The molecule has 4 heteroatoms. The predicted molar refractivity (Wildman–Crippen MR) is 73.9 cm³/mol. The molecule has 2 rings (SSSR count). The van der Waals surface area contributed by atoms with E-state index in [1.54, 1.807) is 24.5 Å². The Morgan fingerprint density at radius 2 is 1.89 bits per heavy atom. The van der Waals surface area contributed by atoms with E-state index in [2.05, 4.69) is 9.98 Å². The molecule has 0 radical (unpaired) electrons. The first-order valence-electron chi connectivity index (χ1n) is 5.62. The van der Waals surface area contributed by atoms with E-state index in [9.17, 15) is 5.11 Å². The number of aromatic hydroxyl groups is 1. The number of benzene rings is 1. The monoisotopic (exact) mass is 241 g/mol. The third-order valence-electron chi connectivity index (χ3n) is 2.51. The standard InChI is InChI=1S/C14H15N3O/c1-17(2)12-7-5-11(6-8-12)10-16-14-13(18)4-3-9-15-14/h3-10,18H,1-2H3/b16-10+. The number of hydrogen-bond acceptors (Lipinski definition) is 4. The minimum absolute atomic E-state index is 0.0821. The van der Waals surface area contributed by atoms with Gasteiger partial charge in [0.05, 0.1) is 0 Å². The van der Waals surface area contributed by atoms with E-state index in [-0.39, 0.29) is 5.75 Å². The van der Waals surface area contributed by atoms with Crippen molar-refractivity contribution < 1.29 is 5.11 Å². The van der Waals surface area contributed by atoms with Crippen molar-refractivity contribution in [2.24, 2.45) is 4.99 Å². The second-order valence-electron chi connectivity index (χ2n) is 4.09. The highest BCUT2D eigenvalue weighted by Crippen LogP contribution is 2.21. The zero-order chi connectivity index (χ0) is 13.0. The van der Waals surface area contributed by atoms with Crippen molar-refractivity contribution in [3.8, 4) is 5.75 Å². The number of nitrogens with zero attached hydrogens (tertiary/aromatic N) is 3. The maximum absolute atomic E-state index is 9.52. The molecule has 0 amide bonds. The van der Waals surface area contributed by atoms with Crippen LogP contribution < -0.4 is 4.90 Å². The van der Waals surface area contributed by atoms with Crippen molar-refractivity contribution in [3.05, 3.63) is 48.2 Å². The molecule has 0 fully saturated rings. The van der Waals surface area contributed by atoms with E-state index in [1.165, 1.54) is 0 Å². The first-order valence-corrected chi connectivity index (χ1v) is 5.62. The number of hydrogen-bond donors (Lipinski definition) is 1. The van der Waals surface area contributed by atoms with Gasteiger partial charge in [-0.05, 0) is 29.8 Å². The van der Waals surface area contributed by atoms with Gasteiger partial charge in [0.25, 0.3) is 0 Å². The van der Waals surface area contributed by atoms with Crippen molar-refractivity contribution in [2.45, 2.75) is 0 Å². The minimum Gasteiger partial charge on any atom is -0.504 e. The van der Waals surface area contributed by atoms with Gasteiger partial charge >= 0.3 is 0 Å². The molecule has 0 saturated carbocycles. The van der Waals surface area contributed by atoms with Crippen LogP contribution in [0.1, 0.15) is 5.56 Å². The molecular weight excluding hydrogens is 226 g/mol. The third kappa shape index (κ3) is 2.85. The van der Waals surface area contributed by atoms with Gasteiger partial charge in [-0.1, -0.05) is 12.1 Å². The van der Waals surface area contributed by atoms with Crippen LogP contribution in [0.25, 0.3) is 0 Å². The molecule has 2 aromatic rings. The van der Waals surface area contributed by atoms with Crippen molar-refractivity contribution in [1.29, 1.82) is 0 Å². The van der Waals surface area contributed by atoms with Crippen LogP contribution in [0.15, 0.2) is 47.6 Å². The summed E-state index contributed by atoms with van der Waals surface area (Å²) < 4.78 is 0. The number of aromatic nitrogens is 1. The van der Waals surface area contributed by atoms with Gasteiger partial charge in [0.15, 0.2) is 11.6 Å². The summed E-state index contributed by atoms with van der Waals surface area (Å²) in [5.74, 6) is 0.410. The Balaban J connectivity index is 2.17. The smallest absolute Gasteiger partial charge is 0.194 e. The second-order valence-corrected chi connectivity index (χ2v) is 4.09. The van der Waals surface area contributed by atoms with Gasteiger partial charge in [0, 0.05) is 32.2 Å². The first-order chi connectivity index (χ1) is 8.66. The molecule has 0 saturated heterocycles. The molecule has 1 heterocycles. The molecule has 1 aromatic carbocycles. The largest absolute Gasteiger partial charge is 0.504 e. The van der Waals surface area contributed by atoms with Crippen LogP contribution in [0.4, 0.5) is 11.5 Å². The highest BCUT2D eigenvalue weighted by Gasteiger charge is 1.98. The van der Waals surface area contributed by atoms with Crippen LogP contribution in [-0.2, 0) is 0 Å². The molecule has 0 aliphatic rings. The summed E-state index contributed by atoms with van der Waals surface area (Å²) in [5.41, 5.74) is 2.10. The van der Waals surface area contributed by atoms with Gasteiger partial charge in [-0.2, -0.15) is 0 Å². The van der Waals surface area contributed by atoms with E-state index >= 15 is 0 Å². The molecule has 0 spiro atoms. The van der Waals surface area contributed by atoms with Gasteiger partial charge in [-0.3, -0.25) is 0 Å². The Morgan fingerprint density at radius 1 is 1.17 bits per heavy atom. The Morgan fingerprint density at radius 3 is 2.50 bits per heavy atom. The molecule has 0 atom stereocenters. The molecule has 4 nitrogen and oxygen atoms in total. The lowest BCUT2D eigenvalue weighted by Gasteiger charge is -2.11. The van der Waals surface area contributed by atoms with Crippen LogP contribution in [-0.4, -0.2) is 30.4 Å². The maximum Gasteiger partial charge on any atom is 0.194 e. The molecule has 1 N–H and O–H groups in total. The molecule has 1 aromatic heterocycles. The Bertz CT molecular complexity index is 547. The molecule has 0 aliphatic carbocycles. The van der Waals surface area contributed by atoms with E-state index in [0.717, 1.165) is 11.3 Å². The van der Waals surface area contributed by atoms with Crippen LogP contribution >= 0.6 is 0 Å². The average Bonchev–Trinajstić information content (AvgIpc) is 2.38. The van der Waals surface area contributed by atoms with Crippen LogP contribution in [0, 0.1) is 0 Å². The van der Waals surface area contributed by atoms with Crippen molar-refractivity contribution in [3.63, 3.8) is 0 Å². The summed E-state index contributed by atoms with van der Waals surface area (Å²) in [7, 11) is 3.99. The van der Waals surface area contributed by atoms with Gasteiger partial charge in [0.1, 0.15) is 0 Å². The summed E-state index contributed by atoms with van der Waals surface area (Å²) in [6.07, 6.45) is 3.28. The Labute approximate surface area is 106 Å². The molecule has 92 valence electrons. The minimum atomic E-state index is 0.0821. The Hall–Kier alpha value is -2.36. The van der Waals surface area contributed by atoms with Crippen molar-refractivity contribution >= 4 is 17.7 Å². The number of pyridine rings is 1. The molecule has 18 heavy (non-hydrogen) atoms. The van der Waals surface area contributed by atoms with Crippen LogP contribution in [0.2, 0.25) is 0 Å². The van der Waals surface area contributed by atoms with Gasteiger partial charge in [0.2, 0.25) is 0 Å². The summed E-state index contributed by atoms with van der Waals surface area (Å²) in [6, 6.07) is 11.2. The van der Waals surface area contributed by atoms with Gasteiger partial charge < -0.3 is 10.0 Å². The van der Waals surface area contributed by atoms with E-state index < -0.39 is 0 Å². The highest BCUT2D eigenvalue weighted by atomic mass is 16.3. The van der Waals surface area contributed by atoms with Gasteiger partial charge in [-0.15, -0.1) is 0 Å². The third-order valence-corrected chi connectivity index (χ3v) is 2.51. The summed E-state index contributed by atoms with van der Waals surface area (Å²) in [4.78, 5) is 10.2. The first kappa shape index (κ1) is 12.1. The maximum atomic E-state index is 9.52. The van der Waals surface area contributed by atoms with Crippen LogP contribution in [0.5, 0.6) is 5.75 Å². The summed E-state index contributed by atoms with van der Waals surface area (Å²) in [6.45, 7) is 0. The molecule has 0 aliphatic heterocycles. The fourth-order valence-corrected chi connectivity index (χ4v) is 1.48. The van der Waals surface area contributed by atoms with Crippen LogP contribution in [0.3, 0.4) is 0 Å². The average molecular weight is 241 g/mol. The summed E-state index contributed by atoms with van der Waals surface area (Å²) in [5, 5.41) is 9.52. The fraction of sp³-hybridized carbons (Fsp3) is 0.143. The number of aliphatic imine (C=N–C) groups is 1. The number of rotatable bonds is 3. The quantitative estimate of drug-likeness (QED) is 0.840. The molecule has 0 bridgehead atoms. The second kappa shape index (κ2) is 5.31. The SMILES string of the molecule is CN(C)c1ccc(/C=N/c2ncccc2O)cc1. The zero-order valence-corrected chi connectivity index (χ0v) is 10.4. The predicted octanol–water partition coefficient (Wildman–Crippen LogP) is 2.60. The Kier molecular flexibility index (Phi) is 3.57. The van der Waals surface area contributed by atoms with E-state index in [4.69, 9.17) is 0 Å². The lowest BCUT2D eigenvalue weighted by Crippen LogP contribution is -2.08. The lowest BCUT2D eigenvalue weighted by molar-refractivity contribution is 0.474. The molecular formula is C14H15N3O. The van der Waals surface area contributed by atoms with Crippen molar-refractivity contribution in [1.82, 2.24) is 4.98 Å². The molecule has 0 unspecified atom stereocenters. The van der Waals surface area contributed by atoms with E-state index in [1.807, 2.05) is 43.3 Å². The normalized spacial score (nSPS) is 10.8. The van der Waals surface area contributed by atoms with Crippen molar-refractivity contribution in [2.75, 3.05) is 19.0 Å². The van der Waals surface area contributed by atoms with Gasteiger partial charge in [-0.25, -0.2) is 9.98 Å². The highest BCUT2D eigenvalue weighted by molar-refractivity contribution is 5.82. The topological polar surface area (TPSA) is 48.7 Å². The summed E-state index contributed by atoms with van der Waals surface area (Å²) >= 11 is 0.